The standard InChI is InChI=1S/C28H29FN2O4S/c1-34-22-3-2-4-23(15-22)35-18-25-24-12-14-36-26(24)11-13-31(25)27(32)17-30(16-19-5-6-19)28(33)20-7-9-21(29)10-8-20/h2-4,7-10,12,14-15,19,25H,5-6,11,13,16-18H2,1H3. The molecule has 1 fully saturated rings. The predicted octanol–water partition coefficient (Wildman–Crippen LogP) is 4.95. The SMILES string of the molecule is COc1cccc(OCC2c3ccsc3CCN2C(=O)CN(CC2CC2)C(=O)c2ccc(F)cc2)c1. The summed E-state index contributed by atoms with van der Waals surface area (Å²) >= 11 is 1.70. The van der Waals surface area contributed by atoms with Crippen LogP contribution >= 0.6 is 11.3 Å². The van der Waals surface area contributed by atoms with Crippen LogP contribution in [0.1, 0.15) is 39.7 Å². The van der Waals surface area contributed by atoms with Gasteiger partial charge in [0.15, 0.2) is 0 Å². The number of fused-ring (bicyclic) bond motifs is 1. The molecule has 1 unspecified atom stereocenters. The van der Waals surface area contributed by atoms with Crippen molar-refractivity contribution in [3.63, 3.8) is 0 Å². The number of rotatable bonds is 9. The van der Waals surface area contributed by atoms with Crippen LogP contribution in [-0.2, 0) is 11.2 Å². The molecule has 8 heteroatoms. The second-order valence-corrected chi connectivity index (χ2v) is 10.3. The van der Waals surface area contributed by atoms with Gasteiger partial charge in [-0.15, -0.1) is 11.3 Å². The number of carbonyl (C=O) groups excluding carboxylic acids is 2. The first-order valence-electron chi connectivity index (χ1n) is 12.2. The van der Waals surface area contributed by atoms with Gasteiger partial charge in [0.25, 0.3) is 5.91 Å². The Bertz CT molecular complexity index is 1220. The third kappa shape index (κ3) is 5.54. The Morgan fingerprint density at radius 2 is 1.89 bits per heavy atom. The summed E-state index contributed by atoms with van der Waals surface area (Å²) in [5.41, 5.74) is 1.49. The van der Waals surface area contributed by atoms with Crippen LogP contribution in [-0.4, -0.2) is 55.0 Å². The molecular formula is C28H29FN2O4S. The van der Waals surface area contributed by atoms with E-state index in [9.17, 15) is 14.0 Å². The third-order valence-corrected chi connectivity index (χ3v) is 7.74. The van der Waals surface area contributed by atoms with E-state index in [1.807, 2.05) is 29.2 Å². The van der Waals surface area contributed by atoms with Crippen LogP contribution in [0, 0.1) is 11.7 Å². The molecule has 0 radical (unpaired) electrons. The molecule has 0 spiro atoms. The fraction of sp³-hybridized carbons (Fsp3) is 0.357. The summed E-state index contributed by atoms with van der Waals surface area (Å²) in [7, 11) is 1.61. The number of hydrogen-bond acceptors (Lipinski definition) is 5. The van der Waals surface area contributed by atoms with Crippen molar-refractivity contribution < 1.29 is 23.5 Å². The number of methoxy groups -OCH3 is 1. The number of thiophene rings is 1. The van der Waals surface area contributed by atoms with Crippen LogP contribution in [0.2, 0.25) is 0 Å². The Kier molecular flexibility index (Phi) is 7.23. The molecule has 3 aromatic rings. The zero-order valence-electron chi connectivity index (χ0n) is 20.2. The molecule has 188 valence electrons. The number of carbonyl (C=O) groups is 2. The zero-order valence-corrected chi connectivity index (χ0v) is 21.0. The highest BCUT2D eigenvalue weighted by Crippen LogP contribution is 2.35. The van der Waals surface area contributed by atoms with E-state index in [-0.39, 0.29) is 24.4 Å². The highest BCUT2D eigenvalue weighted by Gasteiger charge is 2.35. The summed E-state index contributed by atoms with van der Waals surface area (Å²) in [5.74, 6) is 1.05. The average Bonchev–Trinajstić information content (AvgIpc) is 3.59. The number of amides is 2. The lowest BCUT2D eigenvalue weighted by Crippen LogP contribution is -2.48. The molecule has 1 aromatic heterocycles. The highest BCUT2D eigenvalue weighted by atomic mass is 32.1. The second kappa shape index (κ2) is 10.7. The Morgan fingerprint density at radius 1 is 1.11 bits per heavy atom. The van der Waals surface area contributed by atoms with Crippen LogP contribution in [0.15, 0.2) is 60.0 Å². The van der Waals surface area contributed by atoms with Crippen LogP contribution in [0.5, 0.6) is 11.5 Å². The maximum absolute atomic E-state index is 13.7. The number of nitrogens with zero attached hydrogens (tertiary/aromatic N) is 2. The first-order valence-corrected chi connectivity index (χ1v) is 13.1. The Balaban J connectivity index is 1.33. The fourth-order valence-electron chi connectivity index (χ4n) is 4.60. The number of halogens is 1. The van der Waals surface area contributed by atoms with Crippen molar-refractivity contribution in [3.05, 3.63) is 81.8 Å². The van der Waals surface area contributed by atoms with E-state index in [0.29, 0.717) is 42.7 Å². The predicted molar refractivity (Wildman–Crippen MR) is 136 cm³/mol. The molecular weight excluding hydrogens is 479 g/mol. The minimum Gasteiger partial charge on any atom is -0.497 e. The summed E-state index contributed by atoms with van der Waals surface area (Å²) in [6.07, 6.45) is 2.89. The van der Waals surface area contributed by atoms with Crippen LogP contribution in [0.4, 0.5) is 4.39 Å². The Labute approximate surface area is 214 Å². The zero-order chi connectivity index (χ0) is 25.1. The van der Waals surface area contributed by atoms with Gasteiger partial charge in [-0.05, 0) is 78.6 Å². The number of ether oxygens (including phenoxy) is 2. The lowest BCUT2D eigenvalue weighted by atomic mass is 10.0. The Hall–Kier alpha value is -3.39. The molecule has 6 nitrogen and oxygen atoms in total. The largest absolute Gasteiger partial charge is 0.497 e. The second-order valence-electron chi connectivity index (χ2n) is 9.28. The van der Waals surface area contributed by atoms with E-state index in [4.69, 9.17) is 9.47 Å². The molecule has 1 atom stereocenters. The van der Waals surface area contributed by atoms with E-state index in [1.54, 1.807) is 23.3 Å². The van der Waals surface area contributed by atoms with Gasteiger partial charge in [0.05, 0.1) is 13.2 Å². The van der Waals surface area contributed by atoms with E-state index in [1.165, 1.54) is 29.1 Å². The molecule has 2 amide bonds. The quantitative estimate of drug-likeness (QED) is 0.410. The summed E-state index contributed by atoms with van der Waals surface area (Å²) in [6, 6.07) is 14.7. The molecule has 36 heavy (non-hydrogen) atoms. The number of benzene rings is 2. The number of hydrogen-bond donors (Lipinski definition) is 0. The van der Waals surface area contributed by atoms with Gasteiger partial charge in [0, 0.05) is 29.6 Å². The van der Waals surface area contributed by atoms with Crippen LogP contribution in [0.3, 0.4) is 0 Å². The first-order chi connectivity index (χ1) is 17.5. The molecule has 1 aliphatic heterocycles. The van der Waals surface area contributed by atoms with Crippen molar-refractivity contribution in [3.8, 4) is 11.5 Å². The van der Waals surface area contributed by atoms with Crippen molar-refractivity contribution in [2.24, 2.45) is 5.92 Å². The van der Waals surface area contributed by atoms with Crippen molar-refractivity contribution >= 4 is 23.2 Å². The average molecular weight is 509 g/mol. The van der Waals surface area contributed by atoms with E-state index < -0.39 is 5.82 Å². The van der Waals surface area contributed by atoms with E-state index in [0.717, 1.165) is 24.8 Å². The minimum absolute atomic E-state index is 0.0121. The van der Waals surface area contributed by atoms with Crippen molar-refractivity contribution in [2.45, 2.75) is 25.3 Å². The summed E-state index contributed by atoms with van der Waals surface area (Å²) < 4.78 is 24.8. The van der Waals surface area contributed by atoms with E-state index >= 15 is 0 Å². The highest BCUT2D eigenvalue weighted by molar-refractivity contribution is 7.10. The van der Waals surface area contributed by atoms with Crippen LogP contribution < -0.4 is 9.47 Å². The van der Waals surface area contributed by atoms with Gasteiger partial charge < -0.3 is 19.3 Å². The van der Waals surface area contributed by atoms with Crippen molar-refractivity contribution in [1.82, 2.24) is 9.80 Å². The topological polar surface area (TPSA) is 59.1 Å². The van der Waals surface area contributed by atoms with Gasteiger partial charge in [0.1, 0.15) is 30.5 Å². The third-order valence-electron chi connectivity index (χ3n) is 6.74. The molecule has 0 N–H and O–H groups in total. The van der Waals surface area contributed by atoms with Gasteiger partial charge in [-0.3, -0.25) is 9.59 Å². The van der Waals surface area contributed by atoms with Gasteiger partial charge in [0.2, 0.25) is 5.91 Å². The van der Waals surface area contributed by atoms with Gasteiger partial charge in [-0.1, -0.05) is 6.07 Å². The van der Waals surface area contributed by atoms with Crippen molar-refractivity contribution in [1.29, 1.82) is 0 Å². The van der Waals surface area contributed by atoms with Gasteiger partial charge in [-0.25, -0.2) is 4.39 Å². The fourth-order valence-corrected chi connectivity index (χ4v) is 5.53. The molecule has 2 heterocycles. The van der Waals surface area contributed by atoms with Gasteiger partial charge >= 0.3 is 0 Å². The lowest BCUT2D eigenvalue weighted by Gasteiger charge is -2.37. The summed E-state index contributed by atoms with van der Waals surface area (Å²) in [5, 5.41) is 2.05. The summed E-state index contributed by atoms with van der Waals surface area (Å²) in [6.45, 7) is 1.39. The van der Waals surface area contributed by atoms with E-state index in [2.05, 4.69) is 11.4 Å². The minimum atomic E-state index is -0.393. The lowest BCUT2D eigenvalue weighted by molar-refractivity contribution is -0.135. The summed E-state index contributed by atoms with van der Waals surface area (Å²) in [4.78, 5) is 31.6. The first kappa shape index (κ1) is 24.3. The maximum atomic E-state index is 13.7. The monoisotopic (exact) mass is 508 g/mol. The smallest absolute Gasteiger partial charge is 0.254 e. The maximum Gasteiger partial charge on any atom is 0.254 e. The molecule has 0 saturated heterocycles. The molecule has 5 rings (SSSR count). The van der Waals surface area contributed by atoms with Gasteiger partial charge in [-0.2, -0.15) is 0 Å². The Morgan fingerprint density at radius 3 is 2.64 bits per heavy atom. The normalized spacial score (nSPS) is 16.8. The molecule has 2 aliphatic rings. The molecule has 2 aromatic carbocycles. The molecule has 0 bridgehead atoms. The molecule has 1 aliphatic carbocycles. The van der Waals surface area contributed by atoms with Crippen molar-refractivity contribution in [2.75, 3.05) is 33.4 Å². The van der Waals surface area contributed by atoms with Crippen LogP contribution in [0.25, 0.3) is 0 Å². The molecule has 1 saturated carbocycles.